The van der Waals surface area contributed by atoms with Gasteiger partial charge < -0.3 is 4.79 Å². The standard InChI is InChI=1S/C10H10BrFO/c1-7(5-6-13)8-3-2-4-9(11)10(8)12/h2-4,6-7H,5H2,1H3. The highest BCUT2D eigenvalue weighted by molar-refractivity contribution is 9.10. The van der Waals surface area contributed by atoms with Crippen molar-refractivity contribution in [2.75, 3.05) is 0 Å². The van der Waals surface area contributed by atoms with Gasteiger partial charge in [-0.25, -0.2) is 4.39 Å². The smallest absolute Gasteiger partial charge is 0.140 e. The molecule has 0 amide bonds. The Labute approximate surface area is 85.1 Å². The number of hydrogen-bond donors (Lipinski definition) is 0. The largest absolute Gasteiger partial charge is 0.303 e. The van der Waals surface area contributed by atoms with Crippen LogP contribution in [0.15, 0.2) is 22.7 Å². The molecule has 1 aromatic rings. The van der Waals surface area contributed by atoms with Crippen molar-refractivity contribution in [3.8, 4) is 0 Å². The molecule has 0 aliphatic carbocycles. The van der Waals surface area contributed by atoms with Crippen LogP contribution >= 0.6 is 15.9 Å². The van der Waals surface area contributed by atoms with Crippen LogP contribution in [-0.4, -0.2) is 6.29 Å². The van der Waals surface area contributed by atoms with Crippen LogP contribution in [0.2, 0.25) is 0 Å². The van der Waals surface area contributed by atoms with Crippen molar-refractivity contribution >= 4 is 22.2 Å². The van der Waals surface area contributed by atoms with Gasteiger partial charge in [0.15, 0.2) is 0 Å². The highest BCUT2D eigenvalue weighted by Crippen LogP contribution is 2.26. The molecular weight excluding hydrogens is 235 g/mol. The monoisotopic (exact) mass is 244 g/mol. The number of carbonyl (C=O) groups excluding carboxylic acids is 1. The molecule has 0 radical (unpaired) electrons. The van der Waals surface area contributed by atoms with E-state index in [9.17, 15) is 9.18 Å². The van der Waals surface area contributed by atoms with E-state index in [0.717, 1.165) is 6.29 Å². The van der Waals surface area contributed by atoms with Crippen LogP contribution in [0.3, 0.4) is 0 Å². The van der Waals surface area contributed by atoms with E-state index >= 15 is 0 Å². The number of carbonyl (C=O) groups is 1. The van der Waals surface area contributed by atoms with Crippen molar-refractivity contribution in [1.29, 1.82) is 0 Å². The first-order valence-corrected chi connectivity index (χ1v) is 4.83. The Bertz CT molecular complexity index is 312. The summed E-state index contributed by atoms with van der Waals surface area (Å²) in [6, 6.07) is 5.12. The third-order valence-electron chi connectivity index (χ3n) is 1.96. The Kier molecular flexibility index (Phi) is 3.60. The zero-order valence-corrected chi connectivity index (χ0v) is 8.84. The van der Waals surface area contributed by atoms with Gasteiger partial charge in [0, 0.05) is 6.42 Å². The molecule has 0 aliphatic heterocycles. The van der Waals surface area contributed by atoms with Crippen LogP contribution in [0.4, 0.5) is 4.39 Å². The minimum absolute atomic E-state index is 0.0602. The number of aldehydes is 1. The summed E-state index contributed by atoms with van der Waals surface area (Å²) >= 11 is 3.10. The second kappa shape index (κ2) is 4.51. The maximum absolute atomic E-state index is 13.4. The molecule has 1 unspecified atom stereocenters. The van der Waals surface area contributed by atoms with Crippen molar-refractivity contribution < 1.29 is 9.18 Å². The quantitative estimate of drug-likeness (QED) is 0.747. The van der Waals surface area contributed by atoms with Crippen molar-refractivity contribution in [3.05, 3.63) is 34.1 Å². The average Bonchev–Trinajstić information content (AvgIpc) is 2.10. The summed E-state index contributed by atoms with van der Waals surface area (Å²) < 4.78 is 13.9. The summed E-state index contributed by atoms with van der Waals surface area (Å²) in [6.45, 7) is 1.83. The molecule has 1 rings (SSSR count). The van der Waals surface area contributed by atoms with Crippen molar-refractivity contribution in [1.82, 2.24) is 0 Å². The summed E-state index contributed by atoms with van der Waals surface area (Å²) in [5.41, 5.74) is 0.585. The Balaban J connectivity index is 3.00. The molecule has 0 saturated carbocycles. The summed E-state index contributed by atoms with van der Waals surface area (Å²) in [4.78, 5) is 10.3. The average molecular weight is 245 g/mol. The topological polar surface area (TPSA) is 17.1 Å². The van der Waals surface area contributed by atoms with Gasteiger partial charge in [-0.05, 0) is 33.5 Å². The second-order valence-corrected chi connectivity index (χ2v) is 3.80. The molecule has 0 heterocycles. The lowest BCUT2D eigenvalue weighted by Gasteiger charge is -2.09. The van der Waals surface area contributed by atoms with Crippen LogP contribution in [0.5, 0.6) is 0 Å². The van der Waals surface area contributed by atoms with Crippen LogP contribution < -0.4 is 0 Å². The van der Waals surface area contributed by atoms with Crippen molar-refractivity contribution in [2.45, 2.75) is 19.3 Å². The number of benzene rings is 1. The van der Waals surface area contributed by atoms with E-state index in [2.05, 4.69) is 15.9 Å². The molecule has 70 valence electrons. The van der Waals surface area contributed by atoms with E-state index in [1.165, 1.54) is 0 Å². The molecule has 0 saturated heterocycles. The Morgan fingerprint density at radius 1 is 1.62 bits per heavy atom. The number of halogens is 2. The van der Waals surface area contributed by atoms with Crippen LogP contribution in [-0.2, 0) is 4.79 Å². The maximum Gasteiger partial charge on any atom is 0.140 e. The van der Waals surface area contributed by atoms with Crippen molar-refractivity contribution in [2.24, 2.45) is 0 Å². The van der Waals surface area contributed by atoms with Gasteiger partial charge >= 0.3 is 0 Å². The summed E-state index contributed by atoms with van der Waals surface area (Å²) in [6.07, 6.45) is 1.17. The minimum atomic E-state index is -0.267. The molecule has 0 aromatic heterocycles. The minimum Gasteiger partial charge on any atom is -0.303 e. The van der Waals surface area contributed by atoms with Gasteiger partial charge in [-0.2, -0.15) is 0 Å². The molecule has 1 aromatic carbocycles. The van der Waals surface area contributed by atoms with Gasteiger partial charge in [-0.15, -0.1) is 0 Å². The zero-order valence-electron chi connectivity index (χ0n) is 7.26. The first kappa shape index (κ1) is 10.4. The van der Waals surface area contributed by atoms with E-state index in [0.29, 0.717) is 16.5 Å². The van der Waals surface area contributed by atoms with E-state index in [1.807, 2.05) is 6.92 Å². The maximum atomic E-state index is 13.4. The van der Waals surface area contributed by atoms with E-state index < -0.39 is 0 Å². The molecule has 1 nitrogen and oxygen atoms in total. The van der Waals surface area contributed by atoms with Gasteiger partial charge in [0.1, 0.15) is 12.1 Å². The van der Waals surface area contributed by atoms with E-state index in [4.69, 9.17) is 0 Å². The molecule has 0 bridgehead atoms. The molecular formula is C10H10BrFO. The Hall–Kier alpha value is -0.700. The fourth-order valence-electron chi connectivity index (χ4n) is 1.17. The highest BCUT2D eigenvalue weighted by Gasteiger charge is 2.11. The lowest BCUT2D eigenvalue weighted by molar-refractivity contribution is -0.108. The molecule has 3 heteroatoms. The second-order valence-electron chi connectivity index (χ2n) is 2.95. The lowest BCUT2D eigenvalue weighted by Crippen LogP contribution is -1.98. The van der Waals surface area contributed by atoms with E-state index in [1.54, 1.807) is 18.2 Å². The number of hydrogen-bond acceptors (Lipinski definition) is 1. The summed E-state index contributed by atoms with van der Waals surface area (Å²) in [5.74, 6) is -0.327. The fourth-order valence-corrected chi connectivity index (χ4v) is 1.55. The third-order valence-corrected chi connectivity index (χ3v) is 2.57. The van der Waals surface area contributed by atoms with Crippen LogP contribution in [0.25, 0.3) is 0 Å². The van der Waals surface area contributed by atoms with E-state index in [-0.39, 0.29) is 11.7 Å². The molecule has 1 atom stereocenters. The Morgan fingerprint density at radius 2 is 2.31 bits per heavy atom. The third kappa shape index (κ3) is 2.37. The van der Waals surface area contributed by atoms with Gasteiger partial charge in [-0.3, -0.25) is 0 Å². The van der Waals surface area contributed by atoms with Crippen molar-refractivity contribution in [3.63, 3.8) is 0 Å². The Morgan fingerprint density at radius 3 is 2.92 bits per heavy atom. The normalized spacial score (nSPS) is 12.5. The van der Waals surface area contributed by atoms with Crippen LogP contribution in [0, 0.1) is 5.82 Å². The molecule has 0 fully saturated rings. The van der Waals surface area contributed by atoms with Gasteiger partial charge in [-0.1, -0.05) is 19.1 Å². The SMILES string of the molecule is CC(CC=O)c1cccc(Br)c1F. The summed E-state index contributed by atoms with van der Waals surface area (Å²) in [7, 11) is 0. The first-order valence-electron chi connectivity index (χ1n) is 4.04. The van der Waals surface area contributed by atoms with Gasteiger partial charge in [0.05, 0.1) is 4.47 Å². The molecule has 13 heavy (non-hydrogen) atoms. The summed E-state index contributed by atoms with van der Waals surface area (Å²) in [5, 5.41) is 0. The number of rotatable bonds is 3. The predicted octanol–water partition coefficient (Wildman–Crippen LogP) is 3.28. The fraction of sp³-hybridized carbons (Fsp3) is 0.300. The highest BCUT2D eigenvalue weighted by atomic mass is 79.9. The van der Waals surface area contributed by atoms with Gasteiger partial charge in [0.2, 0.25) is 0 Å². The first-order chi connectivity index (χ1) is 6.16. The zero-order chi connectivity index (χ0) is 9.84. The van der Waals surface area contributed by atoms with Crippen LogP contribution in [0.1, 0.15) is 24.8 Å². The lowest BCUT2D eigenvalue weighted by atomic mass is 9.98. The predicted molar refractivity (Wildman–Crippen MR) is 53.2 cm³/mol. The molecule has 0 N–H and O–H groups in total. The molecule has 0 aliphatic rings. The molecule has 0 spiro atoms. The van der Waals surface area contributed by atoms with Gasteiger partial charge in [0.25, 0.3) is 0 Å².